The van der Waals surface area contributed by atoms with Crippen molar-refractivity contribution >= 4 is 56.3 Å². The van der Waals surface area contributed by atoms with Crippen LogP contribution in [0.2, 0.25) is 10.0 Å². The summed E-state index contributed by atoms with van der Waals surface area (Å²) in [6.45, 7) is 6.91. The van der Waals surface area contributed by atoms with Crippen LogP contribution < -0.4 is 10.1 Å². The van der Waals surface area contributed by atoms with Crippen LogP contribution in [0.1, 0.15) is 23.2 Å². The topological polar surface area (TPSA) is 71.3 Å². The Balaban J connectivity index is 1.08. The number of anilines is 2. The van der Waals surface area contributed by atoms with Gasteiger partial charge in [-0.1, -0.05) is 35.3 Å². The summed E-state index contributed by atoms with van der Waals surface area (Å²) in [5.74, 6) is 1.40. The third-order valence-electron chi connectivity index (χ3n) is 8.22. The number of hydrogen-bond donors (Lipinski definition) is 1. The summed E-state index contributed by atoms with van der Waals surface area (Å²) in [4.78, 5) is 16.5. The van der Waals surface area contributed by atoms with E-state index >= 15 is 0 Å². The van der Waals surface area contributed by atoms with Gasteiger partial charge in [0.2, 0.25) is 0 Å². The number of aryl methyl sites for hydroxylation is 2. The van der Waals surface area contributed by atoms with Crippen molar-refractivity contribution in [2.24, 2.45) is 0 Å². The minimum Gasteiger partial charge on any atom is -0.487 e. The van der Waals surface area contributed by atoms with Crippen molar-refractivity contribution in [2.45, 2.75) is 32.4 Å². The predicted octanol–water partition coefficient (Wildman–Crippen LogP) is 6.92. The van der Waals surface area contributed by atoms with Crippen LogP contribution >= 0.6 is 34.5 Å². The fourth-order valence-electron chi connectivity index (χ4n) is 5.92. The van der Waals surface area contributed by atoms with E-state index in [4.69, 9.17) is 33.0 Å². The Labute approximate surface area is 265 Å². The molecule has 2 aliphatic rings. The summed E-state index contributed by atoms with van der Waals surface area (Å²) in [5.41, 5.74) is 5.52. The molecule has 5 aromatic rings. The second kappa shape index (κ2) is 12.4. The van der Waals surface area contributed by atoms with Crippen molar-refractivity contribution in [3.8, 4) is 16.2 Å². The fourth-order valence-corrected chi connectivity index (χ4v) is 7.59. The normalized spacial score (nSPS) is 15.7. The number of nitrogens with one attached hydrogen (secondary N) is 1. The number of aromatic nitrogens is 4. The maximum atomic E-state index is 6.62. The van der Waals surface area contributed by atoms with E-state index in [9.17, 15) is 0 Å². The summed E-state index contributed by atoms with van der Waals surface area (Å²) in [7, 11) is 2.21. The monoisotopic (exact) mass is 633 g/mol. The summed E-state index contributed by atoms with van der Waals surface area (Å²) < 4.78 is 8.10. The van der Waals surface area contributed by atoms with Crippen LogP contribution in [-0.4, -0.2) is 69.3 Å². The van der Waals surface area contributed by atoms with E-state index in [0.29, 0.717) is 22.4 Å². The van der Waals surface area contributed by atoms with Crippen LogP contribution in [0.3, 0.4) is 0 Å². The van der Waals surface area contributed by atoms with Gasteiger partial charge >= 0.3 is 0 Å². The highest BCUT2D eigenvalue weighted by atomic mass is 35.5. The lowest BCUT2D eigenvalue weighted by Gasteiger charge is -2.19. The summed E-state index contributed by atoms with van der Waals surface area (Å²) in [5, 5.41) is 10.8. The second-order valence-corrected chi connectivity index (χ2v) is 13.1. The molecule has 1 fully saturated rings. The summed E-state index contributed by atoms with van der Waals surface area (Å²) >= 11 is 14.4. The van der Waals surface area contributed by atoms with Crippen molar-refractivity contribution in [3.63, 3.8) is 0 Å². The van der Waals surface area contributed by atoms with Gasteiger partial charge in [0, 0.05) is 47.0 Å². The Morgan fingerprint density at radius 1 is 1.00 bits per heavy atom. The van der Waals surface area contributed by atoms with Gasteiger partial charge in [0.15, 0.2) is 0 Å². The smallest absolute Gasteiger partial charge is 0.142 e. The van der Waals surface area contributed by atoms with Crippen LogP contribution in [-0.2, 0) is 26.0 Å². The van der Waals surface area contributed by atoms with Crippen LogP contribution in [0.4, 0.5) is 11.5 Å². The number of likely N-dealkylation sites (N-methyl/N-ethyl adjacent to an activating group) is 1. The zero-order chi connectivity index (χ0) is 29.3. The molecule has 2 aromatic carbocycles. The van der Waals surface area contributed by atoms with Crippen LogP contribution in [0.15, 0.2) is 55.0 Å². The molecule has 0 amide bonds. The van der Waals surface area contributed by atoms with E-state index < -0.39 is 0 Å². The van der Waals surface area contributed by atoms with Crippen molar-refractivity contribution in [3.05, 3.63) is 81.9 Å². The first-order valence-electron chi connectivity index (χ1n) is 14.7. The van der Waals surface area contributed by atoms with Crippen LogP contribution in [0, 0.1) is 0 Å². The largest absolute Gasteiger partial charge is 0.487 e. The van der Waals surface area contributed by atoms with Gasteiger partial charge in [-0.3, -0.25) is 4.68 Å². The van der Waals surface area contributed by atoms with Gasteiger partial charge in [-0.15, -0.1) is 11.3 Å². The zero-order valence-electron chi connectivity index (χ0n) is 24.0. The Bertz CT molecular complexity index is 1770. The molecule has 0 unspecified atom stereocenters. The third kappa shape index (κ3) is 6.23. The maximum absolute atomic E-state index is 6.62. The Morgan fingerprint density at radius 2 is 1.93 bits per heavy atom. The molecule has 222 valence electrons. The molecule has 1 saturated heterocycles. The van der Waals surface area contributed by atoms with Crippen molar-refractivity contribution in [1.29, 1.82) is 0 Å². The second-order valence-electron chi connectivity index (χ2n) is 11.3. The van der Waals surface area contributed by atoms with E-state index in [0.717, 1.165) is 72.9 Å². The maximum Gasteiger partial charge on any atom is 0.142 e. The first-order valence-corrected chi connectivity index (χ1v) is 16.3. The number of thiophene rings is 1. The average molecular weight is 635 g/mol. The molecule has 1 aliphatic carbocycles. The standard InChI is InChI=1S/C32H33Cl2N7OS/c1-39-10-3-11-40(13-12-39)14-15-41-18-25-27(38-41)8-7-24-29-31(35-20-36-32(29)43-30(24)25)37-23-6-9-28(26(34)17-23)42-19-21-4-2-5-22(33)16-21/h2,4-6,9,16-18,20H,3,7-8,10-15,19H2,1H3,(H,35,36,37). The van der Waals surface area contributed by atoms with Crippen molar-refractivity contribution in [2.75, 3.05) is 45.1 Å². The van der Waals surface area contributed by atoms with Gasteiger partial charge in [-0.05, 0) is 80.9 Å². The van der Waals surface area contributed by atoms with Gasteiger partial charge in [0.25, 0.3) is 0 Å². The minimum atomic E-state index is 0.384. The van der Waals surface area contributed by atoms with Gasteiger partial charge < -0.3 is 19.9 Å². The first kappa shape index (κ1) is 28.6. The van der Waals surface area contributed by atoms with E-state index in [1.807, 2.05) is 42.5 Å². The highest BCUT2D eigenvalue weighted by molar-refractivity contribution is 7.22. The first-order chi connectivity index (χ1) is 21.0. The lowest BCUT2D eigenvalue weighted by molar-refractivity contribution is 0.262. The highest BCUT2D eigenvalue weighted by Crippen LogP contribution is 2.45. The van der Waals surface area contributed by atoms with Gasteiger partial charge in [-0.2, -0.15) is 5.10 Å². The predicted molar refractivity (Wildman–Crippen MR) is 175 cm³/mol. The van der Waals surface area contributed by atoms with E-state index in [2.05, 4.69) is 43.0 Å². The number of rotatable bonds is 8. The molecule has 8 nitrogen and oxygen atoms in total. The van der Waals surface area contributed by atoms with E-state index in [-0.39, 0.29) is 0 Å². The number of ether oxygens (including phenoxy) is 1. The SMILES string of the molecule is CN1CCCN(CCn2cc3c(n2)CCc2c-3sc3ncnc(Nc4ccc(OCc5cccc(Cl)c5)c(Cl)c4)c23)CC1. The Hall–Kier alpha value is -3.21. The number of hydrogen-bond acceptors (Lipinski definition) is 8. The molecule has 7 rings (SSSR count). The molecule has 1 aliphatic heterocycles. The van der Waals surface area contributed by atoms with Gasteiger partial charge in [0.1, 0.15) is 29.3 Å². The third-order valence-corrected chi connectivity index (χ3v) is 9.92. The zero-order valence-corrected chi connectivity index (χ0v) is 26.4. The van der Waals surface area contributed by atoms with Crippen molar-refractivity contribution < 1.29 is 4.74 Å². The molecular formula is C32H33Cl2N7OS. The fraction of sp³-hybridized carbons (Fsp3) is 0.344. The molecule has 0 spiro atoms. The molecular weight excluding hydrogens is 601 g/mol. The average Bonchev–Trinajstić information content (AvgIpc) is 3.53. The Morgan fingerprint density at radius 3 is 2.81 bits per heavy atom. The van der Waals surface area contributed by atoms with Crippen LogP contribution in [0.5, 0.6) is 5.75 Å². The summed E-state index contributed by atoms with van der Waals surface area (Å²) in [6, 6.07) is 13.3. The van der Waals surface area contributed by atoms with E-state index in [1.165, 1.54) is 34.7 Å². The molecule has 1 N–H and O–H groups in total. The Kier molecular flexibility index (Phi) is 8.25. The van der Waals surface area contributed by atoms with Crippen LogP contribution in [0.25, 0.3) is 20.7 Å². The molecule has 0 atom stereocenters. The molecule has 43 heavy (non-hydrogen) atoms. The summed E-state index contributed by atoms with van der Waals surface area (Å²) in [6.07, 6.45) is 6.91. The lowest BCUT2D eigenvalue weighted by Crippen LogP contribution is -2.31. The lowest BCUT2D eigenvalue weighted by atomic mass is 9.95. The molecule has 0 radical (unpaired) electrons. The quantitative estimate of drug-likeness (QED) is 0.199. The molecule has 0 saturated carbocycles. The molecule has 0 bridgehead atoms. The van der Waals surface area contributed by atoms with Gasteiger partial charge in [-0.25, -0.2) is 9.97 Å². The van der Waals surface area contributed by atoms with E-state index in [1.54, 1.807) is 17.7 Å². The number of fused-ring (bicyclic) bond motifs is 5. The molecule has 3 aromatic heterocycles. The van der Waals surface area contributed by atoms with Gasteiger partial charge in [0.05, 0.1) is 22.6 Å². The molecule has 11 heteroatoms. The minimum absolute atomic E-state index is 0.384. The number of nitrogens with zero attached hydrogens (tertiary/aromatic N) is 6. The number of benzene rings is 2. The number of halogens is 2. The van der Waals surface area contributed by atoms with Crippen molar-refractivity contribution in [1.82, 2.24) is 29.5 Å². The highest BCUT2D eigenvalue weighted by Gasteiger charge is 2.26. The molecule has 4 heterocycles.